The monoisotopic (exact) mass is 341 g/mol. The summed E-state index contributed by atoms with van der Waals surface area (Å²) >= 11 is 0. The molecule has 0 heterocycles. The van der Waals surface area contributed by atoms with Crippen molar-refractivity contribution in [3.8, 4) is 5.75 Å². The van der Waals surface area contributed by atoms with Crippen LogP contribution in [0.5, 0.6) is 5.75 Å². The second-order valence-corrected chi connectivity index (χ2v) is 6.64. The number of ether oxygens (including phenoxy) is 2. The number of Topliss-reactive ketones (excluding diaryl/α,β-unsaturated/α-hetero) is 1. The smallest absolute Gasteiger partial charge is 0.344 e. The van der Waals surface area contributed by atoms with Gasteiger partial charge < -0.3 is 14.8 Å². The van der Waals surface area contributed by atoms with Gasteiger partial charge in [-0.3, -0.25) is 4.79 Å². The van der Waals surface area contributed by atoms with Crippen LogP contribution >= 0.6 is 0 Å². The first-order valence-corrected chi connectivity index (χ1v) is 8.08. The van der Waals surface area contributed by atoms with Crippen molar-refractivity contribution in [1.29, 1.82) is 0 Å². The first-order chi connectivity index (χ1) is 11.8. The fourth-order valence-electron chi connectivity index (χ4n) is 1.87. The van der Waals surface area contributed by atoms with Crippen LogP contribution in [0.4, 0.5) is 11.4 Å². The van der Waals surface area contributed by atoms with Gasteiger partial charge in [0, 0.05) is 16.8 Å². The van der Waals surface area contributed by atoms with Gasteiger partial charge in [-0.15, -0.1) is 0 Å². The molecule has 0 bridgehead atoms. The number of benzene rings is 2. The second-order valence-electron chi connectivity index (χ2n) is 6.64. The first kappa shape index (κ1) is 18.5. The number of nitrogens with one attached hydrogen (secondary N) is 1. The highest BCUT2D eigenvalue weighted by molar-refractivity contribution is 5.86. The number of carbonyl (C=O) groups is 2. The molecule has 2 aromatic carbocycles. The topological polar surface area (TPSA) is 64.6 Å². The van der Waals surface area contributed by atoms with Crippen molar-refractivity contribution in [3.63, 3.8) is 0 Å². The van der Waals surface area contributed by atoms with Gasteiger partial charge in [-0.05, 0) is 36.4 Å². The maximum atomic E-state index is 11.7. The van der Waals surface area contributed by atoms with Gasteiger partial charge in [0.15, 0.2) is 19.0 Å². The minimum atomic E-state index is -0.566. The van der Waals surface area contributed by atoms with Crippen molar-refractivity contribution in [1.82, 2.24) is 0 Å². The summed E-state index contributed by atoms with van der Waals surface area (Å²) in [6, 6.07) is 17.0. The average Bonchev–Trinajstić information content (AvgIpc) is 2.59. The van der Waals surface area contributed by atoms with Crippen LogP contribution in [-0.4, -0.2) is 25.0 Å². The molecule has 0 radical (unpaired) electrons. The predicted molar refractivity (Wildman–Crippen MR) is 97.1 cm³/mol. The number of anilines is 2. The number of hydrogen-bond donors (Lipinski definition) is 1. The van der Waals surface area contributed by atoms with E-state index in [0.717, 1.165) is 11.4 Å². The standard InChI is InChI=1S/C20H23NO4/c1-20(2,3)18(22)13-25-19(23)14-24-17-11-9-16(10-12-17)21-15-7-5-4-6-8-15/h4-12,21H,13-14H2,1-3H3. The van der Waals surface area contributed by atoms with E-state index in [-0.39, 0.29) is 19.0 Å². The molecule has 0 saturated heterocycles. The number of carbonyl (C=O) groups excluding carboxylic acids is 2. The van der Waals surface area contributed by atoms with Crippen LogP contribution in [0.25, 0.3) is 0 Å². The molecule has 0 aliphatic rings. The number of rotatable bonds is 7. The first-order valence-electron chi connectivity index (χ1n) is 8.08. The highest BCUT2D eigenvalue weighted by Gasteiger charge is 2.22. The van der Waals surface area contributed by atoms with Crippen LogP contribution in [0.15, 0.2) is 54.6 Å². The van der Waals surface area contributed by atoms with Gasteiger partial charge in [0.1, 0.15) is 5.75 Å². The van der Waals surface area contributed by atoms with Crippen molar-refractivity contribution in [3.05, 3.63) is 54.6 Å². The Hall–Kier alpha value is -2.82. The molecular formula is C20H23NO4. The molecule has 0 aliphatic heterocycles. The molecule has 5 heteroatoms. The van der Waals surface area contributed by atoms with Gasteiger partial charge >= 0.3 is 5.97 Å². The zero-order chi connectivity index (χ0) is 18.3. The number of para-hydroxylation sites is 1. The van der Waals surface area contributed by atoms with E-state index in [1.807, 2.05) is 42.5 Å². The van der Waals surface area contributed by atoms with Gasteiger partial charge in [0.25, 0.3) is 0 Å². The summed E-state index contributed by atoms with van der Waals surface area (Å²) in [5, 5.41) is 3.26. The SMILES string of the molecule is CC(C)(C)C(=O)COC(=O)COc1ccc(Nc2ccccc2)cc1. The fourth-order valence-corrected chi connectivity index (χ4v) is 1.87. The molecule has 0 spiro atoms. The van der Waals surface area contributed by atoms with E-state index in [9.17, 15) is 9.59 Å². The Bertz CT molecular complexity index is 703. The van der Waals surface area contributed by atoms with Gasteiger partial charge in [-0.1, -0.05) is 39.0 Å². The van der Waals surface area contributed by atoms with Crippen molar-refractivity contribution < 1.29 is 19.1 Å². The normalized spacial score (nSPS) is 10.8. The Kier molecular flexibility index (Phi) is 6.17. The van der Waals surface area contributed by atoms with Gasteiger partial charge in [0.2, 0.25) is 0 Å². The third-order valence-electron chi connectivity index (χ3n) is 3.47. The largest absolute Gasteiger partial charge is 0.482 e. The third kappa shape index (κ3) is 6.30. The Morgan fingerprint density at radius 3 is 2.08 bits per heavy atom. The van der Waals surface area contributed by atoms with E-state index >= 15 is 0 Å². The van der Waals surface area contributed by atoms with E-state index in [2.05, 4.69) is 5.32 Å². The maximum Gasteiger partial charge on any atom is 0.344 e. The summed E-state index contributed by atoms with van der Waals surface area (Å²) in [4.78, 5) is 23.3. The average molecular weight is 341 g/mol. The van der Waals surface area contributed by atoms with Crippen LogP contribution in [0.3, 0.4) is 0 Å². The summed E-state index contributed by atoms with van der Waals surface area (Å²) in [5.41, 5.74) is 1.38. The lowest BCUT2D eigenvalue weighted by Crippen LogP contribution is -2.27. The van der Waals surface area contributed by atoms with Crippen LogP contribution in [0.2, 0.25) is 0 Å². The van der Waals surface area contributed by atoms with E-state index < -0.39 is 11.4 Å². The summed E-state index contributed by atoms with van der Waals surface area (Å²) in [6.45, 7) is 4.88. The molecule has 2 rings (SSSR count). The maximum absolute atomic E-state index is 11.7. The molecule has 0 aromatic heterocycles. The number of esters is 1. The zero-order valence-electron chi connectivity index (χ0n) is 14.7. The van der Waals surface area contributed by atoms with Crippen molar-refractivity contribution in [2.45, 2.75) is 20.8 Å². The molecule has 0 saturated carbocycles. The molecular weight excluding hydrogens is 318 g/mol. The Morgan fingerprint density at radius 2 is 1.48 bits per heavy atom. The number of hydrogen-bond acceptors (Lipinski definition) is 5. The molecule has 25 heavy (non-hydrogen) atoms. The Morgan fingerprint density at radius 1 is 0.880 bits per heavy atom. The third-order valence-corrected chi connectivity index (χ3v) is 3.47. The summed E-state index contributed by atoms with van der Waals surface area (Å²) < 4.78 is 10.3. The van der Waals surface area contributed by atoms with Crippen LogP contribution in [0.1, 0.15) is 20.8 Å². The van der Waals surface area contributed by atoms with Gasteiger partial charge in [0.05, 0.1) is 0 Å². The molecule has 0 atom stereocenters. The van der Waals surface area contributed by atoms with Gasteiger partial charge in [-0.25, -0.2) is 4.79 Å². The van der Waals surface area contributed by atoms with Crippen LogP contribution < -0.4 is 10.1 Å². The molecule has 5 nitrogen and oxygen atoms in total. The van der Waals surface area contributed by atoms with E-state index in [1.165, 1.54) is 0 Å². The lowest BCUT2D eigenvalue weighted by molar-refractivity contribution is -0.151. The summed E-state index contributed by atoms with van der Waals surface area (Å²) in [6.07, 6.45) is 0. The van der Waals surface area contributed by atoms with Crippen molar-refractivity contribution in [2.75, 3.05) is 18.5 Å². The highest BCUT2D eigenvalue weighted by Crippen LogP contribution is 2.20. The molecule has 0 aliphatic carbocycles. The minimum absolute atomic E-state index is 0.128. The quantitative estimate of drug-likeness (QED) is 0.772. The fraction of sp³-hybridized carbons (Fsp3) is 0.300. The summed E-state index contributed by atoms with van der Waals surface area (Å²) in [5.74, 6) is -0.140. The minimum Gasteiger partial charge on any atom is -0.482 e. The van der Waals surface area contributed by atoms with Crippen LogP contribution in [-0.2, 0) is 14.3 Å². The molecule has 0 fully saturated rings. The Balaban J connectivity index is 1.77. The van der Waals surface area contributed by atoms with Crippen molar-refractivity contribution >= 4 is 23.1 Å². The van der Waals surface area contributed by atoms with Crippen molar-refractivity contribution in [2.24, 2.45) is 5.41 Å². The van der Waals surface area contributed by atoms with E-state index in [4.69, 9.17) is 9.47 Å². The molecule has 2 aromatic rings. The number of ketones is 1. The summed E-state index contributed by atoms with van der Waals surface area (Å²) in [7, 11) is 0. The van der Waals surface area contributed by atoms with E-state index in [1.54, 1.807) is 32.9 Å². The molecule has 0 unspecified atom stereocenters. The molecule has 132 valence electrons. The van der Waals surface area contributed by atoms with E-state index in [0.29, 0.717) is 5.75 Å². The highest BCUT2D eigenvalue weighted by atomic mass is 16.6. The predicted octanol–water partition coefficient (Wildman–Crippen LogP) is 3.97. The second kappa shape index (κ2) is 8.33. The van der Waals surface area contributed by atoms with Crippen LogP contribution in [0, 0.1) is 5.41 Å². The Labute approximate surface area is 148 Å². The molecule has 0 amide bonds. The van der Waals surface area contributed by atoms with Gasteiger partial charge in [-0.2, -0.15) is 0 Å². The lowest BCUT2D eigenvalue weighted by atomic mass is 9.91. The molecule has 1 N–H and O–H groups in total. The zero-order valence-corrected chi connectivity index (χ0v) is 14.7. The lowest BCUT2D eigenvalue weighted by Gasteiger charge is -2.16.